The third kappa shape index (κ3) is 2.66. The molecular weight excluding hydrogens is 326 g/mol. The first kappa shape index (κ1) is 14.1. The molecule has 106 valence electrons. The van der Waals surface area contributed by atoms with Crippen LogP contribution in [0.1, 0.15) is 24.5 Å². The average Bonchev–Trinajstić information content (AvgIpc) is 2.74. The Bertz CT molecular complexity index is 721. The highest BCUT2D eigenvalue weighted by Gasteiger charge is 2.31. The van der Waals surface area contributed by atoms with Gasteiger partial charge in [-0.3, -0.25) is 4.79 Å². The Morgan fingerprint density at radius 2 is 1.95 bits per heavy atom. The molecule has 1 heterocycles. The minimum atomic E-state index is 0.0954. The molecule has 0 aliphatic carbocycles. The molecule has 0 saturated heterocycles. The fraction of sp³-hybridized carbons (Fsp3) is 0.167. The molecular formula is C18H16BrNO. The number of halogens is 1. The lowest BCUT2D eigenvalue weighted by molar-refractivity contribution is -0.113. The predicted octanol–water partition coefficient (Wildman–Crippen LogP) is 4.75. The van der Waals surface area contributed by atoms with E-state index in [9.17, 15) is 4.79 Å². The van der Waals surface area contributed by atoms with Crippen LogP contribution in [0.2, 0.25) is 0 Å². The van der Waals surface area contributed by atoms with E-state index in [1.54, 1.807) is 0 Å². The topological polar surface area (TPSA) is 20.3 Å². The van der Waals surface area contributed by atoms with Gasteiger partial charge < -0.3 is 4.90 Å². The van der Waals surface area contributed by atoms with Crippen LogP contribution < -0.4 is 4.90 Å². The summed E-state index contributed by atoms with van der Waals surface area (Å²) < 4.78 is 1.01. The highest BCUT2D eigenvalue weighted by Crippen LogP contribution is 2.37. The number of para-hydroxylation sites is 1. The first-order valence-corrected chi connectivity index (χ1v) is 7.88. The maximum atomic E-state index is 12.7. The standard InChI is InChI=1S/C18H16BrNO/c1-2-10-20-17-9-4-3-8-15(17)16(18(20)21)12-13-6-5-7-14(19)11-13/h3-9,11-12H,2,10H2,1H3/b16-12-. The van der Waals surface area contributed by atoms with Gasteiger partial charge >= 0.3 is 0 Å². The Kier molecular flexibility index (Phi) is 3.93. The summed E-state index contributed by atoms with van der Waals surface area (Å²) in [6, 6.07) is 16.0. The van der Waals surface area contributed by atoms with Gasteiger partial charge in [-0.05, 0) is 36.3 Å². The molecule has 0 unspecified atom stereocenters. The molecule has 3 heteroatoms. The van der Waals surface area contributed by atoms with E-state index in [1.807, 2.05) is 59.5 Å². The lowest BCUT2D eigenvalue weighted by atomic mass is 10.0. The molecule has 21 heavy (non-hydrogen) atoms. The van der Waals surface area contributed by atoms with E-state index in [0.29, 0.717) is 0 Å². The van der Waals surface area contributed by atoms with E-state index in [4.69, 9.17) is 0 Å². The van der Waals surface area contributed by atoms with Gasteiger partial charge in [-0.15, -0.1) is 0 Å². The van der Waals surface area contributed by atoms with Crippen molar-refractivity contribution in [1.82, 2.24) is 0 Å². The van der Waals surface area contributed by atoms with Gasteiger partial charge in [0.25, 0.3) is 5.91 Å². The molecule has 1 amide bonds. The first-order valence-electron chi connectivity index (χ1n) is 7.09. The van der Waals surface area contributed by atoms with Crippen molar-refractivity contribution >= 4 is 39.2 Å². The molecule has 0 spiro atoms. The normalized spacial score (nSPS) is 15.6. The van der Waals surface area contributed by atoms with Crippen molar-refractivity contribution in [3.8, 4) is 0 Å². The van der Waals surface area contributed by atoms with Crippen LogP contribution in [0, 0.1) is 0 Å². The molecule has 1 aliphatic rings. The quantitative estimate of drug-likeness (QED) is 0.738. The van der Waals surface area contributed by atoms with Crippen molar-refractivity contribution in [2.45, 2.75) is 13.3 Å². The van der Waals surface area contributed by atoms with Crippen molar-refractivity contribution in [2.75, 3.05) is 11.4 Å². The summed E-state index contributed by atoms with van der Waals surface area (Å²) in [6.45, 7) is 2.84. The zero-order valence-corrected chi connectivity index (χ0v) is 13.4. The number of carbonyl (C=O) groups is 1. The lowest BCUT2D eigenvalue weighted by Gasteiger charge is -2.15. The number of hydrogen-bond acceptors (Lipinski definition) is 1. The second kappa shape index (κ2) is 5.86. The lowest BCUT2D eigenvalue weighted by Crippen LogP contribution is -2.26. The maximum absolute atomic E-state index is 12.7. The van der Waals surface area contributed by atoms with E-state index in [1.165, 1.54) is 0 Å². The summed E-state index contributed by atoms with van der Waals surface area (Å²) in [5, 5.41) is 0. The third-order valence-electron chi connectivity index (χ3n) is 3.57. The Balaban J connectivity index is 2.09. The van der Waals surface area contributed by atoms with Crippen molar-refractivity contribution in [1.29, 1.82) is 0 Å². The number of hydrogen-bond donors (Lipinski definition) is 0. The summed E-state index contributed by atoms with van der Waals surface area (Å²) in [7, 11) is 0. The number of fused-ring (bicyclic) bond motifs is 1. The van der Waals surface area contributed by atoms with E-state index >= 15 is 0 Å². The second-order valence-electron chi connectivity index (χ2n) is 5.09. The average molecular weight is 342 g/mol. The van der Waals surface area contributed by atoms with E-state index in [0.717, 1.165) is 39.8 Å². The minimum Gasteiger partial charge on any atom is -0.308 e. The number of amides is 1. The van der Waals surface area contributed by atoms with Crippen LogP contribution in [-0.2, 0) is 4.79 Å². The molecule has 0 bridgehead atoms. The molecule has 0 N–H and O–H groups in total. The van der Waals surface area contributed by atoms with Crippen LogP contribution in [0.15, 0.2) is 53.0 Å². The van der Waals surface area contributed by atoms with Crippen LogP contribution >= 0.6 is 15.9 Å². The fourth-order valence-corrected chi connectivity index (χ4v) is 3.07. The molecule has 0 saturated carbocycles. The molecule has 2 nitrogen and oxygen atoms in total. The molecule has 0 atom stereocenters. The van der Waals surface area contributed by atoms with Gasteiger partial charge in [0.1, 0.15) is 0 Å². The second-order valence-corrected chi connectivity index (χ2v) is 6.00. The van der Waals surface area contributed by atoms with Crippen LogP contribution in [0.5, 0.6) is 0 Å². The number of anilines is 1. The van der Waals surface area contributed by atoms with Crippen molar-refractivity contribution < 1.29 is 4.79 Å². The van der Waals surface area contributed by atoms with Crippen molar-refractivity contribution in [2.24, 2.45) is 0 Å². The smallest absolute Gasteiger partial charge is 0.258 e. The number of nitrogens with zero attached hydrogens (tertiary/aromatic N) is 1. The largest absolute Gasteiger partial charge is 0.308 e. The fourth-order valence-electron chi connectivity index (χ4n) is 2.65. The predicted molar refractivity (Wildman–Crippen MR) is 91.1 cm³/mol. The third-order valence-corrected chi connectivity index (χ3v) is 4.06. The zero-order valence-electron chi connectivity index (χ0n) is 11.8. The molecule has 2 aromatic rings. The summed E-state index contributed by atoms with van der Waals surface area (Å²) in [4.78, 5) is 14.6. The number of benzene rings is 2. The summed E-state index contributed by atoms with van der Waals surface area (Å²) >= 11 is 3.47. The molecule has 3 rings (SSSR count). The van der Waals surface area contributed by atoms with Gasteiger partial charge in [0.05, 0.1) is 5.69 Å². The monoisotopic (exact) mass is 341 g/mol. The Labute approximate surface area is 133 Å². The van der Waals surface area contributed by atoms with E-state index in [-0.39, 0.29) is 5.91 Å². The van der Waals surface area contributed by atoms with Gasteiger partial charge in [-0.1, -0.05) is 53.2 Å². The van der Waals surface area contributed by atoms with Gasteiger partial charge in [-0.2, -0.15) is 0 Å². The summed E-state index contributed by atoms with van der Waals surface area (Å²) in [6.07, 6.45) is 2.92. The number of carbonyl (C=O) groups excluding carboxylic acids is 1. The molecule has 0 aromatic heterocycles. The summed E-state index contributed by atoms with van der Waals surface area (Å²) in [5.41, 5.74) is 3.85. The van der Waals surface area contributed by atoms with Gasteiger partial charge in [-0.25, -0.2) is 0 Å². The van der Waals surface area contributed by atoms with Crippen LogP contribution in [0.3, 0.4) is 0 Å². The van der Waals surface area contributed by atoms with Crippen molar-refractivity contribution in [3.05, 3.63) is 64.1 Å². The minimum absolute atomic E-state index is 0.0954. The van der Waals surface area contributed by atoms with Gasteiger partial charge in [0.2, 0.25) is 0 Å². The molecule has 0 fully saturated rings. The SMILES string of the molecule is CCCN1C(=O)/C(=C\c2cccc(Br)c2)c2ccccc21. The molecule has 1 aliphatic heterocycles. The van der Waals surface area contributed by atoms with Crippen LogP contribution in [0.25, 0.3) is 11.6 Å². The van der Waals surface area contributed by atoms with Crippen LogP contribution in [-0.4, -0.2) is 12.5 Å². The Morgan fingerprint density at radius 3 is 2.71 bits per heavy atom. The highest BCUT2D eigenvalue weighted by atomic mass is 79.9. The summed E-state index contributed by atoms with van der Waals surface area (Å²) in [5.74, 6) is 0.0954. The van der Waals surface area contributed by atoms with E-state index in [2.05, 4.69) is 22.9 Å². The number of rotatable bonds is 3. The van der Waals surface area contributed by atoms with Crippen LogP contribution in [0.4, 0.5) is 5.69 Å². The first-order chi connectivity index (χ1) is 10.2. The highest BCUT2D eigenvalue weighted by molar-refractivity contribution is 9.10. The van der Waals surface area contributed by atoms with Gasteiger partial charge in [0, 0.05) is 22.2 Å². The van der Waals surface area contributed by atoms with Crippen molar-refractivity contribution in [3.63, 3.8) is 0 Å². The van der Waals surface area contributed by atoms with E-state index < -0.39 is 0 Å². The maximum Gasteiger partial charge on any atom is 0.258 e. The molecule has 2 aromatic carbocycles. The Hall–Kier alpha value is -1.87. The zero-order chi connectivity index (χ0) is 14.8. The van der Waals surface area contributed by atoms with Gasteiger partial charge in [0.15, 0.2) is 0 Å². The molecule has 0 radical (unpaired) electrons. The Morgan fingerprint density at radius 1 is 1.14 bits per heavy atom.